The Morgan fingerprint density at radius 2 is 1.89 bits per heavy atom. The second kappa shape index (κ2) is 4.02. The van der Waals surface area contributed by atoms with Crippen molar-refractivity contribution in [1.82, 2.24) is 0 Å². The van der Waals surface area contributed by atoms with Crippen molar-refractivity contribution in [2.24, 2.45) is 0 Å². The molecule has 0 N–H and O–H groups in total. The lowest BCUT2D eigenvalue weighted by atomic mass is 9.79. The summed E-state index contributed by atoms with van der Waals surface area (Å²) in [5.41, 5.74) is 3.98. The van der Waals surface area contributed by atoms with E-state index in [9.17, 15) is 0 Å². The molecule has 96 valence electrons. The third-order valence-corrected chi connectivity index (χ3v) is 4.34. The number of fused-ring (bicyclic) bond motifs is 5. The SMILES string of the molecule is COc1cccc2c1CC[C@H]1c3ccccc3O[C@@H]21. The molecule has 19 heavy (non-hydrogen) atoms. The molecular formula is C17H16O2. The number of benzene rings is 2. The second-order valence-corrected chi connectivity index (χ2v) is 5.25. The van der Waals surface area contributed by atoms with Gasteiger partial charge in [-0.25, -0.2) is 0 Å². The Balaban J connectivity index is 1.83. The van der Waals surface area contributed by atoms with Gasteiger partial charge in [0, 0.05) is 17.0 Å². The van der Waals surface area contributed by atoms with Crippen molar-refractivity contribution in [2.45, 2.75) is 24.9 Å². The highest BCUT2D eigenvalue weighted by molar-refractivity contribution is 5.50. The van der Waals surface area contributed by atoms with Gasteiger partial charge in [0.25, 0.3) is 0 Å². The monoisotopic (exact) mass is 252 g/mol. The van der Waals surface area contributed by atoms with E-state index in [4.69, 9.17) is 9.47 Å². The smallest absolute Gasteiger partial charge is 0.131 e. The maximum atomic E-state index is 6.18. The molecule has 1 heterocycles. The van der Waals surface area contributed by atoms with E-state index in [2.05, 4.69) is 30.3 Å². The van der Waals surface area contributed by atoms with Gasteiger partial charge in [0.05, 0.1) is 7.11 Å². The largest absolute Gasteiger partial charge is 0.496 e. The van der Waals surface area contributed by atoms with E-state index in [-0.39, 0.29) is 6.10 Å². The summed E-state index contributed by atoms with van der Waals surface area (Å²) in [6, 6.07) is 14.7. The molecule has 2 heteroatoms. The van der Waals surface area contributed by atoms with Crippen molar-refractivity contribution in [3.05, 3.63) is 59.2 Å². The highest BCUT2D eigenvalue weighted by Gasteiger charge is 2.39. The summed E-state index contributed by atoms with van der Waals surface area (Å²) in [4.78, 5) is 0. The number of methoxy groups -OCH3 is 1. The van der Waals surface area contributed by atoms with Crippen LogP contribution in [0.3, 0.4) is 0 Å². The second-order valence-electron chi connectivity index (χ2n) is 5.25. The quantitative estimate of drug-likeness (QED) is 0.767. The lowest BCUT2D eigenvalue weighted by Crippen LogP contribution is -2.18. The van der Waals surface area contributed by atoms with Gasteiger partial charge in [0.1, 0.15) is 17.6 Å². The highest BCUT2D eigenvalue weighted by Crippen LogP contribution is 2.52. The molecule has 0 aromatic heterocycles. The van der Waals surface area contributed by atoms with Gasteiger partial charge in [-0.15, -0.1) is 0 Å². The number of para-hydroxylation sites is 1. The Labute approximate surface area is 113 Å². The molecule has 0 radical (unpaired) electrons. The molecule has 0 bridgehead atoms. The van der Waals surface area contributed by atoms with E-state index in [1.165, 1.54) is 16.7 Å². The molecule has 0 amide bonds. The Morgan fingerprint density at radius 1 is 1.05 bits per heavy atom. The number of rotatable bonds is 1. The summed E-state index contributed by atoms with van der Waals surface area (Å²) in [6.07, 6.45) is 2.36. The Bertz CT molecular complexity index is 633. The Hall–Kier alpha value is -1.96. The molecule has 2 aromatic carbocycles. The summed E-state index contributed by atoms with van der Waals surface area (Å²) in [5.74, 6) is 2.54. The van der Waals surface area contributed by atoms with Gasteiger partial charge in [-0.3, -0.25) is 0 Å². The third kappa shape index (κ3) is 1.49. The lowest BCUT2D eigenvalue weighted by molar-refractivity contribution is 0.194. The van der Waals surface area contributed by atoms with E-state index in [0.717, 1.165) is 24.3 Å². The lowest BCUT2D eigenvalue weighted by Gasteiger charge is -2.28. The van der Waals surface area contributed by atoms with Crippen LogP contribution in [-0.2, 0) is 6.42 Å². The van der Waals surface area contributed by atoms with E-state index >= 15 is 0 Å². The first kappa shape index (κ1) is 10.9. The van der Waals surface area contributed by atoms with Crippen LogP contribution in [0.5, 0.6) is 11.5 Å². The zero-order chi connectivity index (χ0) is 12.8. The first-order valence-electron chi connectivity index (χ1n) is 6.80. The topological polar surface area (TPSA) is 18.5 Å². The van der Waals surface area contributed by atoms with Crippen LogP contribution < -0.4 is 9.47 Å². The van der Waals surface area contributed by atoms with Gasteiger partial charge in [-0.1, -0.05) is 30.3 Å². The molecule has 0 saturated carbocycles. The standard InChI is InChI=1S/C17H16O2/c1-18-15-8-4-6-13-12(15)9-10-14-11-5-2-3-7-16(11)19-17(13)14/h2-8,14,17H,9-10H2,1H3/t14-,17-/m0/s1. The maximum absolute atomic E-state index is 6.18. The van der Waals surface area contributed by atoms with Crippen LogP contribution in [0.2, 0.25) is 0 Å². The number of ether oxygens (including phenoxy) is 2. The Kier molecular flexibility index (Phi) is 2.31. The van der Waals surface area contributed by atoms with Crippen molar-refractivity contribution in [3.8, 4) is 11.5 Å². The van der Waals surface area contributed by atoms with Gasteiger partial charge in [0.15, 0.2) is 0 Å². The highest BCUT2D eigenvalue weighted by atomic mass is 16.5. The molecule has 2 atom stereocenters. The van der Waals surface area contributed by atoms with Gasteiger partial charge < -0.3 is 9.47 Å². The molecule has 1 aliphatic carbocycles. The van der Waals surface area contributed by atoms with Crippen LogP contribution in [0.25, 0.3) is 0 Å². The van der Waals surface area contributed by atoms with Crippen LogP contribution in [0, 0.1) is 0 Å². The molecule has 2 aliphatic rings. The van der Waals surface area contributed by atoms with Crippen LogP contribution in [-0.4, -0.2) is 7.11 Å². The van der Waals surface area contributed by atoms with Gasteiger partial charge in [-0.2, -0.15) is 0 Å². The zero-order valence-corrected chi connectivity index (χ0v) is 10.9. The fourth-order valence-electron chi connectivity index (χ4n) is 3.47. The number of hydrogen-bond acceptors (Lipinski definition) is 2. The van der Waals surface area contributed by atoms with Gasteiger partial charge in [0.2, 0.25) is 0 Å². The Morgan fingerprint density at radius 3 is 2.79 bits per heavy atom. The van der Waals surface area contributed by atoms with E-state index in [0.29, 0.717) is 5.92 Å². The minimum atomic E-state index is 0.163. The minimum Gasteiger partial charge on any atom is -0.496 e. The first-order valence-corrected chi connectivity index (χ1v) is 6.80. The molecule has 0 unspecified atom stereocenters. The predicted octanol–water partition coefficient (Wildman–Crippen LogP) is 3.86. The maximum Gasteiger partial charge on any atom is 0.131 e. The van der Waals surface area contributed by atoms with E-state index in [1.807, 2.05) is 12.1 Å². The summed E-state index contributed by atoms with van der Waals surface area (Å²) in [6.45, 7) is 0. The van der Waals surface area contributed by atoms with Crippen LogP contribution in [0.1, 0.15) is 35.1 Å². The van der Waals surface area contributed by atoms with Crippen LogP contribution in [0.15, 0.2) is 42.5 Å². The van der Waals surface area contributed by atoms with Crippen molar-refractivity contribution in [1.29, 1.82) is 0 Å². The first-order chi connectivity index (χ1) is 9.38. The molecule has 2 aromatic rings. The normalized spacial score (nSPS) is 23.0. The number of hydrogen-bond donors (Lipinski definition) is 0. The van der Waals surface area contributed by atoms with Gasteiger partial charge >= 0.3 is 0 Å². The molecule has 0 spiro atoms. The molecule has 2 nitrogen and oxygen atoms in total. The molecule has 1 aliphatic heterocycles. The third-order valence-electron chi connectivity index (χ3n) is 4.34. The summed E-state index contributed by atoms with van der Waals surface area (Å²) >= 11 is 0. The predicted molar refractivity (Wildman–Crippen MR) is 73.9 cm³/mol. The van der Waals surface area contributed by atoms with Crippen molar-refractivity contribution < 1.29 is 9.47 Å². The van der Waals surface area contributed by atoms with Crippen LogP contribution in [0.4, 0.5) is 0 Å². The molecule has 4 rings (SSSR count). The fraction of sp³-hybridized carbons (Fsp3) is 0.294. The fourth-order valence-corrected chi connectivity index (χ4v) is 3.47. The molecule has 0 fully saturated rings. The van der Waals surface area contributed by atoms with Crippen LogP contribution >= 0.6 is 0 Å². The average Bonchev–Trinajstić information content (AvgIpc) is 2.85. The van der Waals surface area contributed by atoms with E-state index < -0.39 is 0 Å². The zero-order valence-electron chi connectivity index (χ0n) is 10.9. The summed E-state index contributed by atoms with van der Waals surface area (Å²) < 4.78 is 11.7. The molecule has 0 saturated heterocycles. The minimum absolute atomic E-state index is 0.163. The van der Waals surface area contributed by atoms with Crippen molar-refractivity contribution in [3.63, 3.8) is 0 Å². The van der Waals surface area contributed by atoms with E-state index in [1.54, 1.807) is 7.11 Å². The van der Waals surface area contributed by atoms with Crippen molar-refractivity contribution in [2.75, 3.05) is 7.11 Å². The van der Waals surface area contributed by atoms with Gasteiger partial charge in [-0.05, 0) is 30.5 Å². The summed E-state index contributed by atoms with van der Waals surface area (Å²) in [5, 5.41) is 0. The van der Waals surface area contributed by atoms with Crippen molar-refractivity contribution >= 4 is 0 Å². The summed E-state index contributed by atoms with van der Waals surface area (Å²) in [7, 11) is 1.74. The average molecular weight is 252 g/mol. The molecular weight excluding hydrogens is 236 g/mol.